The molecule has 0 saturated carbocycles. The molecule has 0 saturated heterocycles. The van der Waals surface area contributed by atoms with Crippen molar-refractivity contribution in [2.75, 3.05) is 0 Å². The van der Waals surface area contributed by atoms with Crippen LogP contribution in [0.4, 0.5) is 0 Å². The molecule has 0 rings (SSSR count). The smallest absolute Gasteiger partial charge is 0.328 e. The molecule has 0 atom stereocenters. The lowest BCUT2D eigenvalue weighted by atomic mass is 10.2. The van der Waals surface area contributed by atoms with Crippen molar-refractivity contribution in [3.05, 3.63) is 36.5 Å². The van der Waals surface area contributed by atoms with Crippen LogP contribution < -0.4 is 0 Å². The van der Waals surface area contributed by atoms with E-state index in [0.29, 0.717) is 0 Å². The molecule has 0 amide bonds. The van der Waals surface area contributed by atoms with Gasteiger partial charge < -0.3 is 10.2 Å². The van der Waals surface area contributed by atoms with Crippen LogP contribution >= 0.6 is 0 Å². The van der Waals surface area contributed by atoms with Gasteiger partial charge in [0.05, 0.1) is 6.42 Å². The van der Waals surface area contributed by atoms with Crippen molar-refractivity contribution in [3.63, 3.8) is 0 Å². The molecule has 0 heterocycles. The maximum atomic E-state index is 11.0. The summed E-state index contributed by atoms with van der Waals surface area (Å²) in [4.78, 5) is 31.2. The number of allylic oxidation sites excluding steroid dienone is 5. The van der Waals surface area contributed by atoms with E-state index in [4.69, 9.17) is 10.2 Å². The van der Waals surface area contributed by atoms with Crippen molar-refractivity contribution in [1.82, 2.24) is 0 Å². The van der Waals surface area contributed by atoms with Crippen LogP contribution in [-0.2, 0) is 14.4 Å². The standard InChI is InChI=1S/C11H12O5/c12-9(7-8-11(15)16)5-3-1-2-4-6-10(13)14/h1-6H,7-8H2,(H,13,14)(H,15,16)/b2-1-,5-3+,6-4+. The number of carbonyl (C=O) groups is 3. The maximum absolute atomic E-state index is 11.0. The quantitative estimate of drug-likeness (QED) is 0.500. The van der Waals surface area contributed by atoms with E-state index >= 15 is 0 Å². The minimum absolute atomic E-state index is 0.0371. The number of hydrogen-bond acceptors (Lipinski definition) is 3. The number of carboxylic acid groups (broad SMARTS) is 2. The van der Waals surface area contributed by atoms with Gasteiger partial charge in [-0.05, 0) is 6.08 Å². The van der Waals surface area contributed by atoms with Gasteiger partial charge in [-0.2, -0.15) is 0 Å². The molecule has 86 valence electrons. The van der Waals surface area contributed by atoms with E-state index < -0.39 is 11.9 Å². The minimum atomic E-state index is -1.05. The lowest BCUT2D eigenvalue weighted by Gasteiger charge is -1.88. The molecule has 16 heavy (non-hydrogen) atoms. The van der Waals surface area contributed by atoms with E-state index in [9.17, 15) is 14.4 Å². The molecule has 5 heteroatoms. The van der Waals surface area contributed by atoms with E-state index in [1.165, 1.54) is 30.4 Å². The van der Waals surface area contributed by atoms with Gasteiger partial charge in [0, 0.05) is 12.5 Å². The predicted molar refractivity (Wildman–Crippen MR) is 56.9 cm³/mol. The highest BCUT2D eigenvalue weighted by molar-refractivity contribution is 5.91. The summed E-state index contributed by atoms with van der Waals surface area (Å²) in [5.41, 5.74) is 0. The first-order valence-electron chi connectivity index (χ1n) is 4.51. The monoisotopic (exact) mass is 224 g/mol. The van der Waals surface area contributed by atoms with E-state index in [-0.39, 0.29) is 18.6 Å². The lowest BCUT2D eigenvalue weighted by molar-refractivity contribution is -0.138. The molecule has 0 spiro atoms. The van der Waals surface area contributed by atoms with Crippen LogP contribution in [-0.4, -0.2) is 27.9 Å². The zero-order chi connectivity index (χ0) is 12.4. The van der Waals surface area contributed by atoms with Crippen LogP contribution in [0.5, 0.6) is 0 Å². The number of carbonyl (C=O) groups excluding carboxylic acids is 1. The van der Waals surface area contributed by atoms with Crippen molar-refractivity contribution in [1.29, 1.82) is 0 Å². The van der Waals surface area contributed by atoms with Gasteiger partial charge in [-0.3, -0.25) is 9.59 Å². The second-order valence-electron chi connectivity index (χ2n) is 2.80. The zero-order valence-electron chi connectivity index (χ0n) is 8.50. The van der Waals surface area contributed by atoms with E-state index in [2.05, 4.69) is 0 Å². The summed E-state index contributed by atoms with van der Waals surface area (Å²) in [5, 5.41) is 16.5. The largest absolute Gasteiger partial charge is 0.481 e. The summed E-state index contributed by atoms with van der Waals surface area (Å²) in [6.45, 7) is 0. The van der Waals surface area contributed by atoms with Gasteiger partial charge in [-0.25, -0.2) is 4.79 Å². The van der Waals surface area contributed by atoms with Crippen LogP contribution in [0.15, 0.2) is 36.5 Å². The van der Waals surface area contributed by atoms with Gasteiger partial charge in [0.1, 0.15) is 0 Å². The topological polar surface area (TPSA) is 91.7 Å². The third-order valence-corrected chi connectivity index (χ3v) is 1.44. The molecule has 0 aromatic heterocycles. The molecule has 5 nitrogen and oxygen atoms in total. The first-order chi connectivity index (χ1) is 7.52. The van der Waals surface area contributed by atoms with E-state index in [1.807, 2.05) is 0 Å². The van der Waals surface area contributed by atoms with Crippen molar-refractivity contribution in [2.45, 2.75) is 12.8 Å². The predicted octanol–water partition coefficient (Wildman–Crippen LogP) is 1.17. The molecular formula is C11H12O5. The Morgan fingerprint density at radius 2 is 1.38 bits per heavy atom. The van der Waals surface area contributed by atoms with Gasteiger partial charge >= 0.3 is 11.9 Å². The molecule has 0 aromatic carbocycles. The third-order valence-electron chi connectivity index (χ3n) is 1.44. The Morgan fingerprint density at radius 1 is 0.812 bits per heavy atom. The SMILES string of the molecule is O=C(O)/C=C/C=C\C=C\C(=O)CCC(=O)O. The first-order valence-corrected chi connectivity index (χ1v) is 4.51. The molecule has 0 fully saturated rings. The first kappa shape index (κ1) is 13.8. The summed E-state index contributed by atoms with van der Waals surface area (Å²) >= 11 is 0. The Hall–Kier alpha value is -2.17. The van der Waals surface area contributed by atoms with E-state index in [1.54, 1.807) is 0 Å². The molecule has 2 N–H and O–H groups in total. The number of aliphatic carboxylic acids is 2. The normalized spacial score (nSPS) is 11.5. The molecule has 0 unspecified atom stereocenters. The summed E-state index contributed by atoms with van der Waals surface area (Å²) in [6.07, 6.45) is 7.65. The highest BCUT2D eigenvalue weighted by Gasteiger charge is 2.00. The van der Waals surface area contributed by atoms with Crippen LogP contribution in [0.25, 0.3) is 0 Å². The summed E-state index contributed by atoms with van der Waals surface area (Å²) in [7, 11) is 0. The van der Waals surface area contributed by atoms with Crippen molar-refractivity contribution < 1.29 is 24.6 Å². The summed E-state index contributed by atoms with van der Waals surface area (Å²) < 4.78 is 0. The molecule has 0 aromatic rings. The summed E-state index contributed by atoms with van der Waals surface area (Å²) in [5.74, 6) is -2.35. The number of ketones is 1. The maximum Gasteiger partial charge on any atom is 0.328 e. The van der Waals surface area contributed by atoms with E-state index in [0.717, 1.165) is 6.08 Å². The van der Waals surface area contributed by atoms with Crippen molar-refractivity contribution in [2.24, 2.45) is 0 Å². The number of rotatable bonds is 7. The molecule has 0 aliphatic carbocycles. The Balaban J connectivity index is 3.87. The Labute approximate surface area is 92.4 Å². The van der Waals surface area contributed by atoms with Gasteiger partial charge in [0.15, 0.2) is 5.78 Å². The molecule has 0 bridgehead atoms. The second-order valence-corrected chi connectivity index (χ2v) is 2.80. The highest BCUT2D eigenvalue weighted by Crippen LogP contribution is 1.92. The fourth-order valence-electron chi connectivity index (χ4n) is 0.743. The fraction of sp³-hybridized carbons (Fsp3) is 0.182. The molecule has 0 aliphatic rings. The Morgan fingerprint density at radius 3 is 1.88 bits per heavy atom. The summed E-state index contributed by atoms with van der Waals surface area (Å²) in [6, 6.07) is 0. The number of hydrogen-bond donors (Lipinski definition) is 2. The average molecular weight is 224 g/mol. The molecule has 0 aliphatic heterocycles. The minimum Gasteiger partial charge on any atom is -0.481 e. The number of carboxylic acids is 2. The van der Waals surface area contributed by atoms with Gasteiger partial charge in [-0.15, -0.1) is 0 Å². The molecule has 0 radical (unpaired) electrons. The van der Waals surface area contributed by atoms with Gasteiger partial charge in [-0.1, -0.05) is 24.3 Å². The van der Waals surface area contributed by atoms with Crippen molar-refractivity contribution in [3.8, 4) is 0 Å². The van der Waals surface area contributed by atoms with Gasteiger partial charge in [0.2, 0.25) is 0 Å². The Kier molecular flexibility index (Phi) is 7.06. The zero-order valence-corrected chi connectivity index (χ0v) is 8.50. The van der Waals surface area contributed by atoms with Crippen LogP contribution in [0.1, 0.15) is 12.8 Å². The lowest BCUT2D eigenvalue weighted by Crippen LogP contribution is -1.99. The Bertz CT molecular complexity index is 349. The second kappa shape index (κ2) is 8.16. The van der Waals surface area contributed by atoms with Gasteiger partial charge in [0.25, 0.3) is 0 Å². The van der Waals surface area contributed by atoms with Crippen molar-refractivity contribution >= 4 is 17.7 Å². The third kappa shape index (κ3) is 9.91. The fourth-order valence-corrected chi connectivity index (χ4v) is 0.743. The highest BCUT2D eigenvalue weighted by atomic mass is 16.4. The average Bonchev–Trinajstić information content (AvgIpc) is 2.19. The van der Waals surface area contributed by atoms with Crippen LogP contribution in [0.3, 0.4) is 0 Å². The van der Waals surface area contributed by atoms with Crippen LogP contribution in [0.2, 0.25) is 0 Å². The molecular weight excluding hydrogens is 212 g/mol. The van der Waals surface area contributed by atoms with Crippen LogP contribution in [0, 0.1) is 0 Å².